The van der Waals surface area contributed by atoms with Crippen LogP contribution in [0.15, 0.2) is 17.1 Å². The summed E-state index contributed by atoms with van der Waals surface area (Å²) >= 11 is 1.81. The molecule has 0 aromatic carbocycles. The molecule has 1 aromatic rings. The van der Waals surface area contributed by atoms with E-state index in [0.717, 1.165) is 25.3 Å². The van der Waals surface area contributed by atoms with E-state index in [9.17, 15) is 4.79 Å². The van der Waals surface area contributed by atoms with Crippen LogP contribution in [-0.2, 0) is 17.8 Å². The molecule has 0 radical (unpaired) electrons. The van der Waals surface area contributed by atoms with Crippen molar-refractivity contribution in [2.75, 3.05) is 13.6 Å². The van der Waals surface area contributed by atoms with E-state index in [1.165, 1.54) is 9.75 Å². The van der Waals surface area contributed by atoms with Gasteiger partial charge >= 0.3 is 0 Å². The van der Waals surface area contributed by atoms with Gasteiger partial charge in [-0.1, -0.05) is 13.8 Å². The second-order valence-corrected chi connectivity index (χ2v) is 6.45. The van der Waals surface area contributed by atoms with Gasteiger partial charge in [-0.05, 0) is 31.9 Å². The first-order valence-electron chi connectivity index (χ1n) is 7.90. The average Bonchev–Trinajstić information content (AvgIpc) is 2.98. The van der Waals surface area contributed by atoms with Crippen molar-refractivity contribution in [3.05, 3.63) is 21.9 Å². The quantitative estimate of drug-likeness (QED) is 0.508. The molecular weight excluding hydrogens is 296 g/mol. The van der Waals surface area contributed by atoms with Gasteiger partial charge in [0.05, 0.1) is 6.54 Å². The van der Waals surface area contributed by atoms with Crippen molar-refractivity contribution in [1.29, 1.82) is 0 Å². The molecule has 1 unspecified atom stereocenters. The number of thiophene rings is 1. The Bertz CT molecular complexity index is 484. The number of rotatable bonds is 8. The first-order valence-corrected chi connectivity index (χ1v) is 8.72. The summed E-state index contributed by atoms with van der Waals surface area (Å²) in [6, 6.07) is 4.54. The zero-order chi connectivity index (χ0) is 16.4. The largest absolute Gasteiger partial charge is 0.356 e. The number of carbonyl (C=O) groups excluding carboxylic acids is 1. The van der Waals surface area contributed by atoms with Crippen molar-refractivity contribution in [3.8, 4) is 0 Å². The molecule has 0 bridgehead atoms. The standard InChI is InChI=1S/C16H28N4OS/c1-5-12(3)20-15(21)9-10-18-16(17-4)19-11-14-8-7-13(6-2)22-14/h7-8,12H,5-6,9-11H2,1-4H3,(H,20,21)(H2,17,18,19). The van der Waals surface area contributed by atoms with E-state index in [-0.39, 0.29) is 11.9 Å². The summed E-state index contributed by atoms with van der Waals surface area (Å²) in [6.45, 7) is 7.56. The summed E-state index contributed by atoms with van der Waals surface area (Å²) in [6.07, 6.45) is 2.47. The molecular formula is C16H28N4OS. The lowest BCUT2D eigenvalue weighted by Crippen LogP contribution is -2.39. The Kier molecular flexibility index (Phi) is 8.58. The molecule has 3 N–H and O–H groups in total. The minimum Gasteiger partial charge on any atom is -0.356 e. The van der Waals surface area contributed by atoms with Gasteiger partial charge in [0.1, 0.15) is 0 Å². The lowest BCUT2D eigenvalue weighted by molar-refractivity contribution is -0.121. The average molecular weight is 324 g/mol. The Labute approximate surface area is 137 Å². The zero-order valence-electron chi connectivity index (χ0n) is 14.0. The molecule has 0 spiro atoms. The van der Waals surface area contributed by atoms with Gasteiger partial charge in [-0.2, -0.15) is 0 Å². The second kappa shape index (κ2) is 10.2. The van der Waals surface area contributed by atoms with Crippen LogP contribution in [0.4, 0.5) is 0 Å². The maximum Gasteiger partial charge on any atom is 0.221 e. The summed E-state index contributed by atoms with van der Waals surface area (Å²) in [5, 5.41) is 9.38. The highest BCUT2D eigenvalue weighted by Gasteiger charge is 2.06. The maximum atomic E-state index is 11.7. The normalized spacial score (nSPS) is 12.8. The first kappa shape index (κ1) is 18.5. The molecule has 0 aliphatic heterocycles. The molecule has 0 aliphatic rings. The highest BCUT2D eigenvalue weighted by Crippen LogP contribution is 2.16. The Morgan fingerprint density at radius 2 is 2.00 bits per heavy atom. The van der Waals surface area contributed by atoms with Crippen molar-refractivity contribution in [3.63, 3.8) is 0 Å². The van der Waals surface area contributed by atoms with Gasteiger partial charge in [-0.3, -0.25) is 9.79 Å². The highest BCUT2D eigenvalue weighted by atomic mass is 32.1. The Morgan fingerprint density at radius 3 is 2.59 bits per heavy atom. The summed E-state index contributed by atoms with van der Waals surface area (Å²) in [5.74, 6) is 0.797. The summed E-state index contributed by atoms with van der Waals surface area (Å²) in [5.41, 5.74) is 0. The number of nitrogens with zero attached hydrogens (tertiary/aromatic N) is 1. The minimum atomic E-state index is 0.0724. The molecule has 22 heavy (non-hydrogen) atoms. The Hall–Kier alpha value is -1.56. The number of guanidine groups is 1. The molecule has 0 saturated heterocycles. The molecule has 0 aliphatic carbocycles. The third-order valence-electron chi connectivity index (χ3n) is 3.38. The molecule has 0 fully saturated rings. The van der Waals surface area contributed by atoms with Gasteiger partial charge in [0, 0.05) is 35.8 Å². The summed E-state index contributed by atoms with van der Waals surface area (Å²) in [4.78, 5) is 18.5. The predicted octanol–water partition coefficient (Wildman–Crippen LogP) is 2.28. The monoisotopic (exact) mass is 324 g/mol. The van der Waals surface area contributed by atoms with Gasteiger partial charge in [0.15, 0.2) is 5.96 Å². The molecule has 6 heteroatoms. The van der Waals surface area contributed by atoms with Crippen LogP contribution in [0.1, 0.15) is 43.4 Å². The fourth-order valence-electron chi connectivity index (χ4n) is 1.84. The molecule has 124 valence electrons. The number of hydrogen-bond acceptors (Lipinski definition) is 3. The summed E-state index contributed by atoms with van der Waals surface area (Å²) < 4.78 is 0. The smallest absolute Gasteiger partial charge is 0.221 e. The molecule has 5 nitrogen and oxygen atoms in total. The van der Waals surface area contributed by atoms with E-state index in [2.05, 4.69) is 46.9 Å². The van der Waals surface area contributed by atoms with Crippen LogP contribution in [0, 0.1) is 0 Å². The molecule has 1 amide bonds. The number of amides is 1. The summed E-state index contributed by atoms with van der Waals surface area (Å²) in [7, 11) is 1.74. The van der Waals surface area contributed by atoms with E-state index in [0.29, 0.717) is 13.0 Å². The van der Waals surface area contributed by atoms with Crippen LogP contribution in [0.5, 0.6) is 0 Å². The second-order valence-electron chi connectivity index (χ2n) is 5.20. The fraction of sp³-hybridized carbons (Fsp3) is 0.625. The number of aryl methyl sites for hydroxylation is 1. The molecule has 1 heterocycles. The van der Waals surface area contributed by atoms with Crippen molar-refractivity contribution < 1.29 is 4.79 Å². The molecule has 0 saturated carbocycles. The van der Waals surface area contributed by atoms with Crippen molar-refractivity contribution >= 4 is 23.2 Å². The minimum absolute atomic E-state index is 0.0724. The lowest BCUT2D eigenvalue weighted by atomic mass is 10.2. The third-order valence-corrected chi connectivity index (χ3v) is 4.61. The van der Waals surface area contributed by atoms with Gasteiger partial charge < -0.3 is 16.0 Å². The van der Waals surface area contributed by atoms with E-state index >= 15 is 0 Å². The van der Waals surface area contributed by atoms with Crippen molar-refractivity contribution in [2.45, 2.75) is 52.6 Å². The first-order chi connectivity index (χ1) is 10.6. The van der Waals surface area contributed by atoms with E-state index in [1.807, 2.05) is 18.3 Å². The highest BCUT2D eigenvalue weighted by molar-refractivity contribution is 7.11. The van der Waals surface area contributed by atoms with Crippen LogP contribution in [0.3, 0.4) is 0 Å². The fourth-order valence-corrected chi connectivity index (χ4v) is 2.74. The lowest BCUT2D eigenvalue weighted by Gasteiger charge is -2.13. The Morgan fingerprint density at radius 1 is 1.27 bits per heavy atom. The van der Waals surface area contributed by atoms with Crippen LogP contribution in [-0.4, -0.2) is 31.5 Å². The number of hydrogen-bond donors (Lipinski definition) is 3. The molecule has 1 aromatic heterocycles. The topological polar surface area (TPSA) is 65.5 Å². The van der Waals surface area contributed by atoms with Gasteiger partial charge in [0.2, 0.25) is 5.91 Å². The van der Waals surface area contributed by atoms with Crippen LogP contribution in [0.2, 0.25) is 0 Å². The van der Waals surface area contributed by atoms with Crippen LogP contribution in [0.25, 0.3) is 0 Å². The molecule has 1 rings (SSSR count). The third kappa shape index (κ3) is 6.93. The van der Waals surface area contributed by atoms with E-state index in [1.54, 1.807) is 7.05 Å². The van der Waals surface area contributed by atoms with Gasteiger partial charge in [-0.25, -0.2) is 0 Å². The molecule has 1 atom stereocenters. The van der Waals surface area contributed by atoms with Crippen molar-refractivity contribution in [2.24, 2.45) is 4.99 Å². The van der Waals surface area contributed by atoms with E-state index < -0.39 is 0 Å². The number of nitrogens with one attached hydrogen (secondary N) is 3. The van der Waals surface area contributed by atoms with Crippen LogP contribution >= 0.6 is 11.3 Å². The van der Waals surface area contributed by atoms with Gasteiger partial charge in [-0.15, -0.1) is 11.3 Å². The number of aliphatic imine (C=N–C) groups is 1. The Balaban J connectivity index is 2.26. The zero-order valence-corrected chi connectivity index (χ0v) is 14.8. The van der Waals surface area contributed by atoms with Crippen molar-refractivity contribution in [1.82, 2.24) is 16.0 Å². The van der Waals surface area contributed by atoms with Crippen LogP contribution < -0.4 is 16.0 Å². The predicted molar refractivity (Wildman–Crippen MR) is 94.4 cm³/mol. The number of carbonyl (C=O) groups is 1. The SMILES string of the molecule is CCc1ccc(CNC(=NC)NCCC(=O)NC(C)CC)s1. The maximum absolute atomic E-state index is 11.7. The van der Waals surface area contributed by atoms with Gasteiger partial charge in [0.25, 0.3) is 0 Å². The van der Waals surface area contributed by atoms with E-state index in [4.69, 9.17) is 0 Å².